The fourth-order valence-corrected chi connectivity index (χ4v) is 7.90. The summed E-state index contributed by atoms with van der Waals surface area (Å²) >= 11 is 0. The van der Waals surface area contributed by atoms with Crippen LogP contribution in [0.5, 0.6) is 0 Å². The summed E-state index contributed by atoms with van der Waals surface area (Å²) in [6.07, 6.45) is 11.7. The average molecular weight is 586 g/mol. The highest BCUT2D eigenvalue weighted by molar-refractivity contribution is 7.98. The number of benzene rings is 1. The van der Waals surface area contributed by atoms with Gasteiger partial charge in [0.2, 0.25) is 0 Å². The van der Waals surface area contributed by atoms with Crippen LogP contribution in [0.4, 0.5) is 4.39 Å². The second kappa shape index (κ2) is 9.81. The molecule has 3 aliphatic rings. The average Bonchev–Trinajstić information content (AvgIpc) is 3.63. The first kappa shape index (κ1) is 26.9. The molecule has 216 valence electrons. The molecule has 3 aromatic heterocycles. The van der Waals surface area contributed by atoms with Gasteiger partial charge in [0.25, 0.3) is 0 Å². The zero-order valence-electron chi connectivity index (χ0n) is 23.6. The number of fused-ring (bicyclic) bond motifs is 2. The van der Waals surface area contributed by atoms with E-state index in [0.717, 1.165) is 35.4 Å². The lowest BCUT2D eigenvalue weighted by atomic mass is 9.60. The van der Waals surface area contributed by atoms with Crippen molar-refractivity contribution in [3.05, 3.63) is 88.9 Å². The molecule has 0 spiro atoms. The van der Waals surface area contributed by atoms with Crippen LogP contribution in [-0.2, 0) is 23.2 Å². The SMILES string of the molecule is C=S(=O)(c1cnn(C)n1)N(C)[C@H]1CCC2=Cc3c(cnn3-c3ccc(F)cc3)C[C@]2(C(=O)c2ccc(C3CC3)cn2)C1. The Hall–Kier alpha value is -3.96. The lowest BCUT2D eigenvalue weighted by molar-refractivity contribution is 0.0749. The van der Waals surface area contributed by atoms with Gasteiger partial charge in [-0.05, 0) is 105 Å². The van der Waals surface area contributed by atoms with E-state index in [1.165, 1.54) is 28.7 Å². The third-order valence-corrected chi connectivity index (χ3v) is 11.2. The molecule has 3 atom stereocenters. The molecule has 0 bridgehead atoms. The minimum Gasteiger partial charge on any atom is -0.291 e. The van der Waals surface area contributed by atoms with Gasteiger partial charge in [-0.15, -0.1) is 5.10 Å². The van der Waals surface area contributed by atoms with Crippen molar-refractivity contribution in [3.63, 3.8) is 0 Å². The van der Waals surface area contributed by atoms with Gasteiger partial charge in [-0.1, -0.05) is 11.6 Å². The topological polar surface area (TPSA) is 98.8 Å². The highest BCUT2D eigenvalue weighted by Gasteiger charge is 2.51. The lowest BCUT2D eigenvalue weighted by Crippen LogP contribution is -2.49. The van der Waals surface area contributed by atoms with Gasteiger partial charge in [0.15, 0.2) is 10.8 Å². The molecular weight excluding hydrogens is 553 g/mol. The number of carbonyl (C=O) groups excluding carboxylic acids is 1. The van der Waals surface area contributed by atoms with Crippen molar-refractivity contribution in [3.8, 4) is 5.69 Å². The number of ketones is 1. The summed E-state index contributed by atoms with van der Waals surface area (Å²) in [7, 11) is 0.543. The van der Waals surface area contributed by atoms with Gasteiger partial charge < -0.3 is 0 Å². The van der Waals surface area contributed by atoms with E-state index >= 15 is 0 Å². The highest BCUT2D eigenvalue weighted by Crippen LogP contribution is 2.51. The summed E-state index contributed by atoms with van der Waals surface area (Å²) in [5.74, 6) is 4.25. The van der Waals surface area contributed by atoms with Crippen molar-refractivity contribution >= 4 is 27.4 Å². The molecule has 9 nitrogen and oxygen atoms in total. The van der Waals surface area contributed by atoms with Crippen LogP contribution in [0, 0.1) is 11.2 Å². The molecule has 0 radical (unpaired) electrons. The van der Waals surface area contributed by atoms with Gasteiger partial charge in [0.1, 0.15) is 11.5 Å². The molecule has 0 aliphatic heterocycles. The summed E-state index contributed by atoms with van der Waals surface area (Å²) < 4.78 is 31.2. The first-order chi connectivity index (χ1) is 20.2. The smallest absolute Gasteiger partial charge is 0.191 e. The Bertz CT molecular complexity index is 1820. The Morgan fingerprint density at radius 2 is 1.88 bits per heavy atom. The van der Waals surface area contributed by atoms with Crippen LogP contribution < -0.4 is 0 Å². The minimum atomic E-state index is -2.93. The predicted octanol–water partition coefficient (Wildman–Crippen LogP) is 4.40. The molecule has 0 amide bonds. The first-order valence-electron chi connectivity index (χ1n) is 14.2. The van der Waals surface area contributed by atoms with Crippen molar-refractivity contribution < 1.29 is 13.4 Å². The summed E-state index contributed by atoms with van der Waals surface area (Å²) in [6, 6.07) is 9.92. The van der Waals surface area contributed by atoms with Gasteiger partial charge in [0.05, 0.1) is 38.9 Å². The number of aromatic nitrogens is 6. The number of aryl methyl sites for hydroxylation is 1. The summed E-state index contributed by atoms with van der Waals surface area (Å²) in [5.41, 5.74) is 4.31. The van der Waals surface area contributed by atoms with Crippen LogP contribution in [0.3, 0.4) is 0 Å². The molecule has 3 heterocycles. The quantitative estimate of drug-likeness (QED) is 0.236. The second-order valence-corrected chi connectivity index (χ2v) is 14.0. The molecule has 1 aromatic carbocycles. The van der Waals surface area contributed by atoms with E-state index < -0.39 is 15.1 Å². The molecule has 1 unspecified atom stereocenters. The molecular formula is C31H32FN7O2S. The Kier molecular flexibility index (Phi) is 6.28. The second-order valence-electron chi connectivity index (χ2n) is 11.7. The van der Waals surface area contributed by atoms with Crippen LogP contribution in [0.1, 0.15) is 65.3 Å². The van der Waals surface area contributed by atoms with E-state index in [0.29, 0.717) is 42.3 Å². The zero-order chi connectivity index (χ0) is 29.2. The molecule has 2 fully saturated rings. The fourth-order valence-electron chi connectivity index (χ4n) is 6.49. The molecule has 0 N–H and O–H groups in total. The van der Waals surface area contributed by atoms with Crippen LogP contribution in [-0.4, -0.2) is 63.0 Å². The van der Waals surface area contributed by atoms with E-state index in [4.69, 9.17) is 0 Å². The van der Waals surface area contributed by atoms with Gasteiger partial charge in [-0.2, -0.15) is 15.0 Å². The lowest BCUT2D eigenvalue weighted by Gasteiger charge is -2.46. The zero-order valence-corrected chi connectivity index (χ0v) is 24.4. The molecule has 2 saturated carbocycles. The van der Waals surface area contributed by atoms with Crippen LogP contribution in [0.15, 0.2) is 65.6 Å². The number of pyridine rings is 1. The Labute approximate surface area is 244 Å². The van der Waals surface area contributed by atoms with Crippen molar-refractivity contribution in [2.75, 3.05) is 7.05 Å². The number of halogens is 1. The van der Waals surface area contributed by atoms with Gasteiger partial charge in [-0.3, -0.25) is 9.78 Å². The molecule has 42 heavy (non-hydrogen) atoms. The van der Waals surface area contributed by atoms with Crippen molar-refractivity contribution in [2.24, 2.45) is 12.5 Å². The van der Waals surface area contributed by atoms with E-state index in [1.54, 1.807) is 41.4 Å². The number of hydrogen-bond donors (Lipinski definition) is 0. The van der Waals surface area contributed by atoms with E-state index in [1.807, 2.05) is 18.3 Å². The van der Waals surface area contributed by atoms with E-state index in [9.17, 15) is 13.4 Å². The van der Waals surface area contributed by atoms with Gasteiger partial charge in [0, 0.05) is 19.3 Å². The third-order valence-electron chi connectivity index (χ3n) is 9.09. The maximum Gasteiger partial charge on any atom is 0.191 e. The standard InChI is InChI=1S/C31H32FN7O2S/c1-37(42(3,41)29-19-34-38(2)36-29)26-10-7-23-14-28-22(18-35-39(28)25-11-8-24(32)9-12-25)15-31(23,16-26)30(40)27-13-6-21(17-33-27)20-4-5-20/h6,8-9,11-14,17-20,26H,3-5,7,10,15-16H2,1-2H3/t26-,31-,42?/m0/s1. The number of hydrogen-bond acceptors (Lipinski definition) is 6. The van der Waals surface area contributed by atoms with Crippen LogP contribution in [0.2, 0.25) is 0 Å². The maximum absolute atomic E-state index is 14.6. The molecule has 7 rings (SSSR count). The largest absolute Gasteiger partial charge is 0.291 e. The number of rotatable bonds is 7. The van der Waals surface area contributed by atoms with E-state index in [-0.39, 0.29) is 17.6 Å². The van der Waals surface area contributed by atoms with Gasteiger partial charge >= 0.3 is 0 Å². The monoisotopic (exact) mass is 585 g/mol. The van der Waals surface area contributed by atoms with Crippen LogP contribution >= 0.6 is 0 Å². The maximum atomic E-state index is 14.6. The normalized spacial score (nSPS) is 23.1. The van der Waals surface area contributed by atoms with Crippen molar-refractivity contribution in [1.82, 2.24) is 34.1 Å². The Morgan fingerprint density at radius 3 is 2.55 bits per heavy atom. The van der Waals surface area contributed by atoms with E-state index in [2.05, 4.69) is 32.2 Å². The molecule has 0 saturated heterocycles. The summed E-state index contributed by atoms with van der Waals surface area (Å²) in [4.78, 5) is 20.6. The molecule has 4 aromatic rings. The van der Waals surface area contributed by atoms with Crippen molar-refractivity contribution in [1.29, 1.82) is 0 Å². The number of allylic oxidation sites excluding steroid dienone is 1. The number of nitrogens with zero attached hydrogens (tertiary/aromatic N) is 7. The Morgan fingerprint density at radius 1 is 1.10 bits per heavy atom. The first-order valence-corrected chi connectivity index (χ1v) is 15.9. The highest BCUT2D eigenvalue weighted by atomic mass is 32.2. The fraction of sp³-hybridized carbons (Fsp3) is 0.355. The number of Topliss-reactive ketones (excluding diaryl/α,β-unsaturated/α-hetero) is 1. The van der Waals surface area contributed by atoms with Crippen molar-refractivity contribution in [2.45, 2.75) is 55.5 Å². The molecule has 11 heteroatoms. The predicted molar refractivity (Wildman–Crippen MR) is 158 cm³/mol. The summed E-state index contributed by atoms with van der Waals surface area (Å²) in [6.45, 7) is 0. The molecule has 3 aliphatic carbocycles. The van der Waals surface area contributed by atoms with Gasteiger partial charge in [-0.25, -0.2) is 17.6 Å². The minimum absolute atomic E-state index is 0.0376. The van der Waals surface area contributed by atoms with Crippen LogP contribution in [0.25, 0.3) is 11.8 Å². The summed E-state index contributed by atoms with van der Waals surface area (Å²) in [5, 5.41) is 13.3. The number of carbonyl (C=O) groups is 1. The Balaban J connectivity index is 1.28. The third kappa shape index (κ3) is 4.42.